The van der Waals surface area contributed by atoms with Crippen LogP contribution in [0.15, 0.2) is 35.4 Å². The summed E-state index contributed by atoms with van der Waals surface area (Å²) in [5.41, 5.74) is 3.52. The van der Waals surface area contributed by atoms with Crippen molar-refractivity contribution < 1.29 is 9.84 Å². The second-order valence-electron chi connectivity index (χ2n) is 8.46. The average Bonchev–Trinajstić information content (AvgIpc) is 3.06. The molecule has 1 unspecified atom stereocenters. The molecule has 1 saturated carbocycles. The van der Waals surface area contributed by atoms with Gasteiger partial charge in [0, 0.05) is 30.2 Å². The van der Waals surface area contributed by atoms with Gasteiger partial charge in [-0.1, -0.05) is 12.8 Å². The Labute approximate surface area is 184 Å². The second-order valence-corrected chi connectivity index (χ2v) is 8.46. The Bertz CT molecular complexity index is 1350. The van der Waals surface area contributed by atoms with Crippen molar-refractivity contribution in [3.05, 3.63) is 46.6 Å². The predicted molar refractivity (Wildman–Crippen MR) is 122 cm³/mol. The smallest absolute Gasteiger partial charge is 0.327 e. The van der Waals surface area contributed by atoms with Crippen LogP contribution in [0.3, 0.4) is 0 Å². The fourth-order valence-electron chi connectivity index (χ4n) is 4.30. The second kappa shape index (κ2) is 8.23. The summed E-state index contributed by atoms with van der Waals surface area (Å²) in [7, 11) is 1.67. The minimum atomic E-state index is -0.298. The summed E-state index contributed by atoms with van der Waals surface area (Å²) in [6.45, 7) is 2.47. The Balaban J connectivity index is 1.44. The molecule has 3 aromatic heterocycles. The number of nitrogens with zero attached hydrogens (tertiary/aromatic N) is 4. The molecule has 1 fully saturated rings. The van der Waals surface area contributed by atoms with Crippen LogP contribution < -0.4 is 15.7 Å². The molecule has 3 N–H and O–H groups in total. The number of fused-ring (bicyclic) bond motifs is 2. The molecular weight excluding hydrogens is 408 g/mol. The number of aliphatic hydroxyl groups is 1. The van der Waals surface area contributed by atoms with Crippen LogP contribution in [0.1, 0.15) is 31.2 Å². The number of aryl methyl sites for hydroxylation is 2. The third-order valence-electron chi connectivity index (χ3n) is 6.28. The summed E-state index contributed by atoms with van der Waals surface area (Å²) in [4.78, 5) is 27.8. The molecule has 1 aliphatic carbocycles. The van der Waals surface area contributed by atoms with E-state index in [9.17, 15) is 9.90 Å². The Morgan fingerprint density at radius 1 is 1.28 bits per heavy atom. The molecule has 9 nitrogen and oxygen atoms in total. The van der Waals surface area contributed by atoms with Crippen LogP contribution in [0.25, 0.3) is 22.1 Å². The maximum Gasteiger partial charge on any atom is 0.327 e. The summed E-state index contributed by atoms with van der Waals surface area (Å²) >= 11 is 0. The topological polar surface area (TPSA) is 118 Å². The normalized spacial score (nSPS) is 18.8. The maximum absolute atomic E-state index is 11.8. The third-order valence-corrected chi connectivity index (χ3v) is 6.28. The van der Waals surface area contributed by atoms with Gasteiger partial charge in [0.15, 0.2) is 5.65 Å². The van der Waals surface area contributed by atoms with Crippen molar-refractivity contribution in [2.24, 2.45) is 13.0 Å². The van der Waals surface area contributed by atoms with Gasteiger partial charge in [-0.25, -0.2) is 9.78 Å². The number of pyridine rings is 1. The summed E-state index contributed by atoms with van der Waals surface area (Å²) in [5, 5.41) is 14.4. The molecule has 0 bridgehead atoms. The first-order chi connectivity index (χ1) is 15.5. The van der Waals surface area contributed by atoms with Gasteiger partial charge in [-0.2, -0.15) is 4.98 Å². The number of ether oxygens (including phenoxy) is 1. The molecule has 5 rings (SSSR count). The number of anilines is 2. The summed E-state index contributed by atoms with van der Waals surface area (Å²) < 4.78 is 7.62. The van der Waals surface area contributed by atoms with E-state index in [4.69, 9.17) is 4.74 Å². The highest BCUT2D eigenvalue weighted by Gasteiger charge is 2.24. The van der Waals surface area contributed by atoms with E-state index in [1.807, 2.05) is 25.1 Å². The standard InChI is InChI=1S/C23H26N6O3/c1-13-9-17-15(20(7-8-24-17)32-12-14-5-3-4-6-19(14)30)10-16(13)26-22-25-11-18-21(27-22)28-23(31)29(18)2/h7-11,14,19,30H,3-6,12H2,1-2H3,(H2,25,26,27,28,31)/t14?,19-/m1/s1. The molecule has 32 heavy (non-hydrogen) atoms. The monoisotopic (exact) mass is 434 g/mol. The molecule has 0 saturated heterocycles. The van der Waals surface area contributed by atoms with Gasteiger partial charge in [-0.05, 0) is 43.5 Å². The minimum absolute atomic E-state index is 0.156. The lowest BCUT2D eigenvalue weighted by Gasteiger charge is -2.27. The Hall–Kier alpha value is -3.46. The van der Waals surface area contributed by atoms with E-state index in [0.717, 1.165) is 53.6 Å². The molecule has 0 aliphatic heterocycles. The van der Waals surface area contributed by atoms with Crippen molar-refractivity contribution in [3.8, 4) is 5.75 Å². The number of aromatic nitrogens is 5. The predicted octanol–water partition coefficient (Wildman–Crippen LogP) is 3.19. The van der Waals surface area contributed by atoms with E-state index < -0.39 is 0 Å². The van der Waals surface area contributed by atoms with E-state index in [0.29, 0.717) is 23.7 Å². The number of H-pyrrole nitrogens is 1. The van der Waals surface area contributed by atoms with Crippen LogP contribution in [0, 0.1) is 12.8 Å². The third kappa shape index (κ3) is 3.80. The van der Waals surface area contributed by atoms with E-state index in [1.54, 1.807) is 19.4 Å². The molecule has 0 spiro atoms. The number of aromatic amines is 1. The SMILES string of the molecule is Cc1cc2nccc(OCC3CCCC[C@H]3O)c2cc1Nc1ncc2c(n1)[nH]c(=O)n2C. The van der Waals surface area contributed by atoms with Crippen molar-refractivity contribution in [1.29, 1.82) is 0 Å². The van der Waals surface area contributed by atoms with Gasteiger partial charge in [-0.3, -0.25) is 14.5 Å². The number of nitrogens with one attached hydrogen (secondary N) is 2. The maximum atomic E-state index is 11.8. The van der Waals surface area contributed by atoms with Gasteiger partial charge in [0.1, 0.15) is 11.3 Å². The van der Waals surface area contributed by atoms with Crippen LogP contribution in [0.5, 0.6) is 5.75 Å². The van der Waals surface area contributed by atoms with Crippen molar-refractivity contribution >= 4 is 33.7 Å². The quantitative estimate of drug-likeness (QED) is 0.441. The largest absolute Gasteiger partial charge is 0.492 e. The van der Waals surface area contributed by atoms with Gasteiger partial charge >= 0.3 is 5.69 Å². The summed E-state index contributed by atoms with van der Waals surface area (Å²) in [6.07, 6.45) is 7.09. The number of aliphatic hydroxyl groups excluding tert-OH is 1. The van der Waals surface area contributed by atoms with Crippen molar-refractivity contribution in [3.63, 3.8) is 0 Å². The van der Waals surface area contributed by atoms with Crippen LogP contribution in [-0.4, -0.2) is 42.3 Å². The number of benzene rings is 1. The zero-order valence-electron chi connectivity index (χ0n) is 18.1. The van der Waals surface area contributed by atoms with Crippen molar-refractivity contribution in [1.82, 2.24) is 24.5 Å². The molecule has 2 atom stereocenters. The van der Waals surface area contributed by atoms with Crippen LogP contribution in [0.4, 0.5) is 11.6 Å². The van der Waals surface area contributed by atoms with E-state index in [-0.39, 0.29) is 17.7 Å². The highest BCUT2D eigenvalue weighted by molar-refractivity contribution is 5.90. The Kier molecular flexibility index (Phi) is 5.26. The molecular formula is C23H26N6O3. The van der Waals surface area contributed by atoms with E-state index >= 15 is 0 Å². The van der Waals surface area contributed by atoms with Crippen LogP contribution >= 0.6 is 0 Å². The molecule has 0 radical (unpaired) electrons. The lowest BCUT2D eigenvalue weighted by molar-refractivity contribution is 0.0425. The lowest BCUT2D eigenvalue weighted by Crippen LogP contribution is -2.29. The minimum Gasteiger partial charge on any atom is -0.492 e. The number of hydrogen-bond donors (Lipinski definition) is 3. The highest BCUT2D eigenvalue weighted by atomic mass is 16.5. The van der Waals surface area contributed by atoms with E-state index in [1.165, 1.54) is 4.57 Å². The highest BCUT2D eigenvalue weighted by Crippen LogP contribution is 2.32. The fourth-order valence-corrected chi connectivity index (χ4v) is 4.30. The Morgan fingerprint density at radius 3 is 2.97 bits per heavy atom. The zero-order valence-corrected chi connectivity index (χ0v) is 18.1. The summed E-state index contributed by atoms with van der Waals surface area (Å²) in [5.74, 6) is 1.28. The first-order valence-corrected chi connectivity index (χ1v) is 10.9. The summed E-state index contributed by atoms with van der Waals surface area (Å²) in [6, 6.07) is 5.82. The van der Waals surface area contributed by atoms with Crippen LogP contribution in [-0.2, 0) is 7.05 Å². The molecule has 1 aromatic carbocycles. The molecule has 0 amide bonds. The van der Waals surface area contributed by atoms with Gasteiger partial charge < -0.3 is 15.2 Å². The lowest BCUT2D eigenvalue weighted by atomic mass is 9.87. The molecule has 9 heteroatoms. The number of imidazole rings is 1. The Morgan fingerprint density at radius 2 is 2.12 bits per heavy atom. The molecule has 4 aromatic rings. The molecule has 3 heterocycles. The van der Waals surface area contributed by atoms with E-state index in [2.05, 4.69) is 25.3 Å². The average molecular weight is 435 g/mol. The van der Waals surface area contributed by atoms with Crippen molar-refractivity contribution in [2.45, 2.75) is 38.7 Å². The van der Waals surface area contributed by atoms with Gasteiger partial charge in [0.25, 0.3) is 0 Å². The molecule has 1 aliphatic rings. The first kappa shape index (κ1) is 20.4. The van der Waals surface area contributed by atoms with Crippen LogP contribution in [0.2, 0.25) is 0 Å². The fraction of sp³-hybridized carbons (Fsp3) is 0.391. The number of hydrogen-bond acceptors (Lipinski definition) is 7. The number of rotatable bonds is 5. The first-order valence-electron chi connectivity index (χ1n) is 10.9. The van der Waals surface area contributed by atoms with Gasteiger partial charge in [0.05, 0.1) is 24.4 Å². The van der Waals surface area contributed by atoms with Gasteiger partial charge in [0.2, 0.25) is 5.95 Å². The zero-order chi connectivity index (χ0) is 22.2. The molecule has 166 valence electrons. The van der Waals surface area contributed by atoms with Crippen molar-refractivity contribution in [2.75, 3.05) is 11.9 Å². The van der Waals surface area contributed by atoms with Gasteiger partial charge in [-0.15, -0.1) is 0 Å².